The van der Waals surface area contributed by atoms with Gasteiger partial charge in [-0.25, -0.2) is 4.79 Å². The van der Waals surface area contributed by atoms with E-state index in [1.54, 1.807) is 18.1 Å². The maximum Gasteiger partial charge on any atom is 0.330 e. The van der Waals surface area contributed by atoms with E-state index in [0.717, 1.165) is 32.1 Å². The minimum Gasteiger partial charge on any atom is -0.478 e. The lowest BCUT2D eigenvalue weighted by atomic mass is 9.44. The van der Waals surface area contributed by atoms with Gasteiger partial charge in [-0.05, 0) is 97.0 Å². The van der Waals surface area contributed by atoms with E-state index in [1.165, 1.54) is 12.8 Å². The summed E-state index contributed by atoms with van der Waals surface area (Å²) >= 11 is 0. The first-order valence-electron chi connectivity index (χ1n) is 13.1. The summed E-state index contributed by atoms with van der Waals surface area (Å²) in [5.41, 5.74) is 3.89. The molecule has 4 aliphatic rings. The van der Waals surface area contributed by atoms with Gasteiger partial charge < -0.3 is 5.11 Å². The zero-order valence-corrected chi connectivity index (χ0v) is 21.9. The summed E-state index contributed by atoms with van der Waals surface area (Å²) in [6.07, 6.45) is 15.2. The van der Waals surface area contributed by atoms with Gasteiger partial charge in [0.2, 0.25) is 0 Å². The molecule has 1 N–H and O–H groups in total. The van der Waals surface area contributed by atoms with E-state index >= 15 is 0 Å². The van der Waals surface area contributed by atoms with Gasteiger partial charge >= 0.3 is 5.97 Å². The molecule has 6 atom stereocenters. The molecule has 0 aromatic rings. The number of carbonyl (C=O) groups is 2. The van der Waals surface area contributed by atoms with Crippen molar-refractivity contribution in [2.75, 3.05) is 0 Å². The van der Waals surface area contributed by atoms with E-state index < -0.39 is 5.97 Å². The summed E-state index contributed by atoms with van der Waals surface area (Å²) in [7, 11) is 0. The standard InChI is InChI=1S/C30H44O3/c1-19(9-8-10-20(2)26(32)33)21-13-17-30(7)23-11-12-24-27(3,4)25(31)15-16-28(24,5)22(23)14-18-29(21,30)6/h10-11,14,19,21,24H,8-9,12-13,15-18H2,1-7H3,(H,32,33)/t19-,21-,24+,28-,29-,30+/m1/s1. The molecule has 2 fully saturated rings. The monoisotopic (exact) mass is 452 g/mol. The van der Waals surface area contributed by atoms with Crippen LogP contribution in [0.4, 0.5) is 0 Å². The molecule has 4 aliphatic carbocycles. The number of ketones is 1. The Hall–Kier alpha value is -1.64. The van der Waals surface area contributed by atoms with Crippen molar-refractivity contribution in [2.24, 2.45) is 39.4 Å². The molecule has 0 aromatic heterocycles. The van der Waals surface area contributed by atoms with Crippen LogP contribution in [0.5, 0.6) is 0 Å². The van der Waals surface area contributed by atoms with E-state index in [-0.39, 0.29) is 21.7 Å². The number of aliphatic carboxylic acids is 1. The third-order valence-electron chi connectivity index (χ3n) is 11.1. The predicted octanol–water partition coefficient (Wildman–Crippen LogP) is 7.53. The zero-order chi connectivity index (χ0) is 24.4. The molecule has 0 heterocycles. The Balaban J connectivity index is 1.62. The molecule has 182 valence electrons. The Morgan fingerprint density at radius 1 is 1.15 bits per heavy atom. The molecule has 0 bridgehead atoms. The fraction of sp³-hybridized carbons (Fsp3) is 0.733. The summed E-state index contributed by atoms with van der Waals surface area (Å²) in [4.78, 5) is 23.9. The zero-order valence-electron chi connectivity index (χ0n) is 21.9. The minimum atomic E-state index is -0.809. The van der Waals surface area contributed by atoms with Crippen molar-refractivity contribution in [3.63, 3.8) is 0 Å². The van der Waals surface area contributed by atoms with E-state index in [2.05, 4.69) is 53.7 Å². The van der Waals surface area contributed by atoms with Crippen LogP contribution in [0.15, 0.2) is 34.9 Å². The summed E-state index contributed by atoms with van der Waals surface area (Å²) in [6, 6.07) is 0. The van der Waals surface area contributed by atoms with Crippen LogP contribution >= 0.6 is 0 Å². The van der Waals surface area contributed by atoms with Crippen molar-refractivity contribution >= 4 is 11.8 Å². The SMILES string of the molecule is CC(=CCC[C@@H](C)[C@H]1CC[C@@]2(C)C3=CC[C@H]4C(C)(C)C(=O)CC[C@]4(C)C3=CC[C@]12C)C(=O)O. The molecule has 0 spiro atoms. The molecule has 0 amide bonds. The summed E-state index contributed by atoms with van der Waals surface area (Å²) in [5.74, 6) is 1.25. The molecule has 0 radical (unpaired) electrons. The topological polar surface area (TPSA) is 54.4 Å². The minimum absolute atomic E-state index is 0.106. The van der Waals surface area contributed by atoms with Crippen molar-refractivity contribution in [3.05, 3.63) is 34.9 Å². The van der Waals surface area contributed by atoms with Crippen molar-refractivity contribution < 1.29 is 14.7 Å². The number of carbonyl (C=O) groups excluding carboxylic acids is 1. The van der Waals surface area contributed by atoms with Gasteiger partial charge in [-0.15, -0.1) is 0 Å². The van der Waals surface area contributed by atoms with Gasteiger partial charge in [-0.3, -0.25) is 4.79 Å². The van der Waals surface area contributed by atoms with Crippen LogP contribution < -0.4 is 0 Å². The van der Waals surface area contributed by atoms with Crippen LogP contribution in [0.1, 0.15) is 99.8 Å². The summed E-state index contributed by atoms with van der Waals surface area (Å²) in [6.45, 7) is 15.9. The molecule has 0 unspecified atom stereocenters. The Kier molecular flexibility index (Phi) is 5.90. The number of fused-ring (bicyclic) bond motifs is 5. The third kappa shape index (κ3) is 3.43. The number of carboxylic acids is 1. The third-order valence-corrected chi connectivity index (χ3v) is 11.1. The average molecular weight is 453 g/mol. The van der Waals surface area contributed by atoms with Gasteiger partial charge in [0.15, 0.2) is 0 Å². The van der Waals surface area contributed by atoms with Crippen LogP contribution in [0.2, 0.25) is 0 Å². The normalized spacial score (nSPS) is 40.8. The van der Waals surface area contributed by atoms with Gasteiger partial charge in [0.1, 0.15) is 5.78 Å². The van der Waals surface area contributed by atoms with Crippen molar-refractivity contribution in [3.8, 4) is 0 Å². The largest absolute Gasteiger partial charge is 0.478 e. The second-order valence-corrected chi connectivity index (χ2v) is 12.9. The van der Waals surface area contributed by atoms with Crippen molar-refractivity contribution in [1.82, 2.24) is 0 Å². The number of rotatable bonds is 5. The lowest BCUT2D eigenvalue weighted by Crippen LogP contribution is -2.53. The van der Waals surface area contributed by atoms with Gasteiger partial charge in [-0.1, -0.05) is 59.8 Å². The van der Waals surface area contributed by atoms with E-state index in [4.69, 9.17) is 5.11 Å². The lowest BCUT2D eigenvalue weighted by Gasteiger charge is -2.59. The van der Waals surface area contributed by atoms with Gasteiger partial charge in [0.25, 0.3) is 0 Å². The van der Waals surface area contributed by atoms with Crippen molar-refractivity contribution in [1.29, 1.82) is 0 Å². The fourth-order valence-corrected chi connectivity index (χ4v) is 8.61. The van der Waals surface area contributed by atoms with Crippen LogP contribution in [0, 0.1) is 39.4 Å². The highest BCUT2D eigenvalue weighted by Crippen LogP contribution is 2.71. The van der Waals surface area contributed by atoms with Crippen LogP contribution in [-0.4, -0.2) is 16.9 Å². The molecular weight excluding hydrogens is 408 g/mol. The number of hydrogen-bond donors (Lipinski definition) is 1. The summed E-state index contributed by atoms with van der Waals surface area (Å²) in [5, 5.41) is 9.15. The van der Waals surface area contributed by atoms with Crippen LogP contribution in [0.25, 0.3) is 0 Å². The molecule has 0 aliphatic heterocycles. The molecule has 4 rings (SSSR count). The molecular formula is C30H44O3. The van der Waals surface area contributed by atoms with Crippen molar-refractivity contribution in [2.45, 2.75) is 99.8 Å². The average Bonchev–Trinajstić information content (AvgIpc) is 3.02. The molecule has 3 nitrogen and oxygen atoms in total. The fourth-order valence-electron chi connectivity index (χ4n) is 8.61. The number of hydrogen-bond acceptors (Lipinski definition) is 2. The second kappa shape index (κ2) is 7.95. The molecule has 0 saturated heterocycles. The highest BCUT2D eigenvalue weighted by molar-refractivity contribution is 5.86. The molecule has 2 saturated carbocycles. The highest BCUT2D eigenvalue weighted by Gasteiger charge is 2.63. The Bertz CT molecular complexity index is 950. The quantitative estimate of drug-likeness (QED) is 0.439. The second-order valence-electron chi connectivity index (χ2n) is 12.9. The predicted molar refractivity (Wildman–Crippen MR) is 134 cm³/mol. The smallest absolute Gasteiger partial charge is 0.330 e. The number of allylic oxidation sites excluding steroid dienone is 5. The Labute approximate surface area is 200 Å². The number of Topliss-reactive ketones (excluding diaryl/α,β-unsaturated/α-hetero) is 1. The first-order valence-corrected chi connectivity index (χ1v) is 13.1. The van der Waals surface area contributed by atoms with E-state index in [0.29, 0.717) is 35.5 Å². The van der Waals surface area contributed by atoms with Crippen LogP contribution in [-0.2, 0) is 9.59 Å². The maximum atomic E-state index is 12.8. The maximum absolute atomic E-state index is 12.8. The first kappa shape index (κ1) is 24.5. The van der Waals surface area contributed by atoms with E-state index in [1.807, 2.05) is 6.08 Å². The summed E-state index contributed by atoms with van der Waals surface area (Å²) < 4.78 is 0. The molecule has 0 aromatic carbocycles. The van der Waals surface area contributed by atoms with Gasteiger partial charge in [0, 0.05) is 17.4 Å². The lowest BCUT2D eigenvalue weighted by molar-refractivity contribution is -0.138. The van der Waals surface area contributed by atoms with Crippen LogP contribution in [0.3, 0.4) is 0 Å². The Morgan fingerprint density at radius 2 is 1.85 bits per heavy atom. The molecule has 33 heavy (non-hydrogen) atoms. The Morgan fingerprint density at radius 3 is 2.52 bits per heavy atom. The van der Waals surface area contributed by atoms with E-state index in [9.17, 15) is 9.59 Å². The number of carboxylic acid groups (broad SMARTS) is 1. The molecule has 3 heteroatoms. The first-order chi connectivity index (χ1) is 15.3. The van der Waals surface area contributed by atoms with Gasteiger partial charge in [-0.2, -0.15) is 0 Å². The van der Waals surface area contributed by atoms with Gasteiger partial charge in [0.05, 0.1) is 0 Å². The highest BCUT2D eigenvalue weighted by atomic mass is 16.4.